The quantitative estimate of drug-likeness (QED) is 0.788. The lowest BCUT2D eigenvalue weighted by Crippen LogP contribution is -2.36. The van der Waals surface area contributed by atoms with Crippen LogP contribution in [0.15, 0.2) is 18.2 Å². The van der Waals surface area contributed by atoms with Crippen LogP contribution in [0, 0.1) is 17.8 Å². The van der Waals surface area contributed by atoms with Crippen molar-refractivity contribution in [3.05, 3.63) is 28.8 Å². The van der Waals surface area contributed by atoms with Gasteiger partial charge in [-0.3, -0.25) is 0 Å². The minimum Gasteiger partial charge on any atom is -0.507 e. The third-order valence-corrected chi connectivity index (χ3v) is 4.98. The first kappa shape index (κ1) is 19.6. The largest absolute Gasteiger partial charge is 0.507 e. The second kappa shape index (κ2) is 8.56. The second-order valence-corrected chi connectivity index (χ2v) is 7.53. The highest BCUT2D eigenvalue weighted by Gasteiger charge is 2.33. The molecule has 25 heavy (non-hydrogen) atoms. The van der Waals surface area contributed by atoms with E-state index in [2.05, 4.69) is 20.8 Å². The van der Waals surface area contributed by atoms with Crippen LogP contribution < -0.4 is 0 Å². The van der Waals surface area contributed by atoms with Gasteiger partial charge in [0.15, 0.2) is 6.61 Å². The lowest BCUT2D eigenvalue weighted by atomic mass is 9.75. The van der Waals surface area contributed by atoms with Gasteiger partial charge in [-0.25, -0.2) is 9.59 Å². The van der Waals surface area contributed by atoms with Crippen LogP contribution in [0.5, 0.6) is 5.75 Å². The third kappa shape index (κ3) is 5.36. The van der Waals surface area contributed by atoms with Crippen LogP contribution in [-0.2, 0) is 14.3 Å². The van der Waals surface area contributed by atoms with E-state index >= 15 is 0 Å². The standard InChI is InChI=1S/C19H25ClO5/c1-11(2)14-6-4-12(3)8-17(14)25-18(22)10-24-19(23)15-9-13(20)5-7-16(15)21/h5,7,9,11-12,14,17,21H,4,6,8,10H2,1-3H3/t12-,14+,17-/m0/s1. The summed E-state index contributed by atoms with van der Waals surface area (Å²) in [5.74, 6) is -0.361. The lowest BCUT2D eigenvalue weighted by molar-refractivity contribution is -0.159. The molecule has 1 aliphatic carbocycles. The van der Waals surface area contributed by atoms with Crippen molar-refractivity contribution in [3.8, 4) is 5.75 Å². The fourth-order valence-corrected chi connectivity index (χ4v) is 3.50. The van der Waals surface area contributed by atoms with Crippen molar-refractivity contribution in [1.82, 2.24) is 0 Å². The number of ether oxygens (including phenoxy) is 2. The Morgan fingerprint density at radius 2 is 2.04 bits per heavy atom. The van der Waals surface area contributed by atoms with Gasteiger partial charge in [-0.15, -0.1) is 0 Å². The van der Waals surface area contributed by atoms with E-state index in [0.717, 1.165) is 19.3 Å². The average Bonchev–Trinajstić information content (AvgIpc) is 2.54. The molecule has 0 amide bonds. The zero-order valence-corrected chi connectivity index (χ0v) is 15.6. The minimum absolute atomic E-state index is 0.0772. The summed E-state index contributed by atoms with van der Waals surface area (Å²) in [5.41, 5.74) is -0.0772. The van der Waals surface area contributed by atoms with Gasteiger partial charge in [0.1, 0.15) is 17.4 Å². The van der Waals surface area contributed by atoms with E-state index in [0.29, 0.717) is 22.8 Å². The maximum Gasteiger partial charge on any atom is 0.344 e. The Balaban J connectivity index is 1.91. The molecule has 5 nitrogen and oxygen atoms in total. The van der Waals surface area contributed by atoms with Crippen LogP contribution in [0.1, 0.15) is 50.4 Å². The molecule has 0 saturated heterocycles. The first-order chi connectivity index (χ1) is 11.8. The Labute approximate surface area is 153 Å². The topological polar surface area (TPSA) is 72.8 Å². The Hall–Kier alpha value is -1.75. The zero-order valence-electron chi connectivity index (χ0n) is 14.8. The molecule has 1 aromatic rings. The van der Waals surface area contributed by atoms with E-state index in [9.17, 15) is 14.7 Å². The summed E-state index contributed by atoms with van der Waals surface area (Å²) in [6.07, 6.45) is 2.86. The fourth-order valence-electron chi connectivity index (χ4n) is 3.33. The van der Waals surface area contributed by atoms with Gasteiger partial charge in [-0.1, -0.05) is 38.8 Å². The number of phenols is 1. The van der Waals surface area contributed by atoms with Crippen LogP contribution in [0.3, 0.4) is 0 Å². The van der Waals surface area contributed by atoms with E-state index < -0.39 is 18.5 Å². The summed E-state index contributed by atoms with van der Waals surface area (Å²) >= 11 is 5.80. The van der Waals surface area contributed by atoms with Gasteiger partial charge < -0.3 is 14.6 Å². The first-order valence-corrected chi connectivity index (χ1v) is 9.00. The van der Waals surface area contributed by atoms with Gasteiger partial charge in [-0.05, 0) is 48.8 Å². The average molecular weight is 369 g/mol. The van der Waals surface area contributed by atoms with Crippen molar-refractivity contribution in [1.29, 1.82) is 0 Å². The Morgan fingerprint density at radius 3 is 2.72 bits per heavy atom. The summed E-state index contributed by atoms with van der Waals surface area (Å²) in [4.78, 5) is 24.1. The molecular formula is C19H25ClO5. The van der Waals surface area contributed by atoms with E-state index in [1.165, 1.54) is 18.2 Å². The molecule has 1 aromatic carbocycles. The van der Waals surface area contributed by atoms with Crippen molar-refractivity contribution in [2.24, 2.45) is 17.8 Å². The number of phenolic OH excluding ortho intramolecular Hbond substituents is 1. The molecule has 6 heteroatoms. The van der Waals surface area contributed by atoms with Crippen molar-refractivity contribution in [2.45, 2.75) is 46.1 Å². The molecule has 1 N–H and O–H groups in total. The lowest BCUT2D eigenvalue weighted by Gasteiger charge is -2.36. The Morgan fingerprint density at radius 1 is 1.32 bits per heavy atom. The van der Waals surface area contributed by atoms with Gasteiger partial charge in [0.25, 0.3) is 0 Å². The number of aromatic hydroxyl groups is 1. The van der Waals surface area contributed by atoms with Crippen LogP contribution in [-0.4, -0.2) is 29.8 Å². The summed E-state index contributed by atoms with van der Waals surface area (Å²) in [5, 5.41) is 9.98. The summed E-state index contributed by atoms with van der Waals surface area (Å²) in [6, 6.07) is 4.05. The molecule has 0 aliphatic heterocycles. The molecular weight excluding hydrogens is 344 g/mol. The van der Waals surface area contributed by atoms with E-state index in [1.807, 2.05) is 0 Å². The molecule has 1 saturated carbocycles. The van der Waals surface area contributed by atoms with Crippen LogP contribution in [0.4, 0.5) is 0 Å². The SMILES string of the molecule is CC(C)[C@H]1CC[C@H](C)C[C@@H]1OC(=O)COC(=O)c1cc(Cl)ccc1O. The predicted octanol–water partition coefficient (Wildman–Crippen LogP) is 4.21. The van der Waals surface area contributed by atoms with Crippen LogP contribution in [0.2, 0.25) is 5.02 Å². The minimum atomic E-state index is -0.811. The summed E-state index contributed by atoms with van der Waals surface area (Å²) in [7, 11) is 0. The number of carbonyl (C=O) groups excluding carboxylic acids is 2. The van der Waals surface area contributed by atoms with E-state index in [-0.39, 0.29) is 17.4 Å². The molecule has 2 rings (SSSR count). The van der Waals surface area contributed by atoms with Crippen LogP contribution in [0.25, 0.3) is 0 Å². The highest BCUT2D eigenvalue weighted by molar-refractivity contribution is 6.31. The second-order valence-electron chi connectivity index (χ2n) is 7.09. The monoisotopic (exact) mass is 368 g/mol. The summed E-state index contributed by atoms with van der Waals surface area (Å²) < 4.78 is 10.5. The maximum atomic E-state index is 12.1. The fraction of sp³-hybridized carbons (Fsp3) is 0.579. The van der Waals surface area contributed by atoms with E-state index in [4.69, 9.17) is 21.1 Å². The maximum absolute atomic E-state index is 12.1. The molecule has 0 unspecified atom stereocenters. The number of hydrogen-bond donors (Lipinski definition) is 1. The number of hydrogen-bond acceptors (Lipinski definition) is 5. The van der Waals surface area contributed by atoms with Crippen LogP contribution >= 0.6 is 11.6 Å². The number of rotatable bonds is 5. The number of benzene rings is 1. The van der Waals surface area contributed by atoms with Crippen molar-refractivity contribution in [3.63, 3.8) is 0 Å². The highest BCUT2D eigenvalue weighted by atomic mass is 35.5. The number of carbonyl (C=O) groups is 2. The van der Waals surface area contributed by atoms with E-state index in [1.54, 1.807) is 0 Å². The van der Waals surface area contributed by atoms with Gasteiger partial charge in [0.2, 0.25) is 0 Å². The molecule has 3 atom stereocenters. The first-order valence-electron chi connectivity index (χ1n) is 8.63. The van der Waals surface area contributed by atoms with Crippen molar-refractivity contribution < 1.29 is 24.2 Å². The molecule has 1 aliphatic rings. The van der Waals surface area contributed by atoms with Crippen molar-refractivity contribution >= 4 is 23.5 Å². The van der Waals surface area contributed by atoms with Crippen molar-refractivity contribution in [2.75, 3.05) is 6.61 Å². The highest BCUT2D eigenvalue weighted by Crippen LogP contribution is 2.35. The molecule has 0 heterocycles. The normalized spacial score (nSPS) is 23.3. The zero-order chi connectivity index (χ0) is 18.6. The summed E-state index contributed by atoms with van der Waals surface area (Å²) in [6.45, 7) is 5.92. The smallest absolute Gasteiger partial charge is 0.344 e. The number of esters is 2. The van der Waals surface area contributed by atoms with Gasteiger partial charge in [-0.2, -0.15) is 0 Å². The molecule has 0 radical (unpaired) electrons. The van der Waals surface area contributed by atoms with Gasteiger partial charge in [0.05, 0.1) is 0 Å². The molecule has 138 valence electrons. The Kier molecular flexibility index (Phi) is 6.71. The molecule has 0 aromatic heterocycles. The predicted molar refractivity (Wildman–Crippen MR) is 94.6 cm³/mol. The molecule has 1 fully saturated rings. The molecule has 0 bridgehead atoms. The number of halogens is 1. The third-order valence-electron chi connectivity index (χ3n) is 4.74. The molecule has 0 spiro atoms. The van der Waals surface area contributed by atoms with Gasteiger partial charge >= 0.3 is 11.9 Å². The Bertz CT molecular complexity index is 628. The van der Waals surface area contributed by atoms with Gasteiger partial charge in [0, 0.05) is 5.02 Å².